The molecule has 1 heterocycles. The normalized spacial score (nSPS) is 13.6. The van der Waals surface area contributed by atoms with E-state index in [1.54, 1.807) is 24.3 Å². The fraction of sp³-hybridized carbons (Fsp3) is 0.375. The second kappa shape index (κ2) is 7.00. The van der Waals surface area contributed by atoms with Gasteiger partial charge in [0.25, 0.3) is 11.8 Å². The molecule has 126 valence electrons. The number of hydrogen-bond donors (Lipinski definition) is 2. The molecule has 2 N–H and O–H groups in total. The van der Waals surface area contributed by atoms with Crippen molar-refractivity contribution in [3.63, 3.8) is 0 Å². The molecule has 0 unspecified atom stereocenters. The summed E-state index contributed by atoms with van der Waals surface area (Å²) in [5.74, 6) is -0.276. The van der Waals surface area contributed by atoms with Gasteiger partial charge in [0.05, 0.1) is 17.3 Å². The van der Waals surface area contributed by atoms with Crippen LogP contribution < -0.4 is 10.6 Å². The molecule has 7 nitrogen and oxygen atoms in total. The van der Waals surface area contributed by atoms with E-state index in [2.05, 4.69) is 20.9 Å². The van der Waals surface area contributed by atoms with Crippen LogP contribution in [0.25, 0.3) is 5.69 Å². The third kappa shape index (κ3) is 3.41. The molecule has 24 heavy (non-hydrogen) atoms. The van der Waals surface area contributed by atoms with Gasteiger partial charge in [-0.3, -0.25) is 9.59 Å². The van der Waals surface area contributed by atoms with Gasteiger partial charge in [-0.15, -0.1) is 16.7 Å². The summed E-state index contributed by atoms with van der Waals surface area (Å²) in [5.41, 5.74) is 2.02. The van der Waals surface area contributed by atoms with Gasteiger partial charge in [0, 0.05) is 18.2 Å². The Morgan fingerprint density at radius 1 is 1.25 bits per heavy atom. The number of nitrogens with zero attached hydrogens (tertiary/aromatic N) is 3. The summed E-state index contributed by atoms with van der Waals surface area (Å²) in [7, 11) is 0. The van der Waals surface area contributed by atoms with Crippen molar-refractivity contribution in [2.75, 3.05) is 6.54 Å². The van der Waals surface area contributed by atoms with E-state index < -0.39 is 0 Å². The summed E-state index contributed by atoms with van der Waals surface area (Å²) in [6, 6.07) is 7.13. The zero-order valence-electron chi connectivity index (χ0n) is 13.3. The molecule has 3 rings (SSSR count). The number of halogens is 1. The first-order chi connectivity index (χ1) is 11.6. The Bertz CT molecular complexity index is 752. The molecule has 8 heteroatoms. The van der Waals surface area contributed by atoms with Crippen LogP contribution in [0, 0.1) is 0 Å². The maximum atomic E-state index is 12.2. The first kappa shape index (κ1) is 16.4. The van der Waals surface area contributed by atoms with Crippen LogP contribution in [0.3, 0.4) is 0 Å². The highest BCUT2D eigenvalue weighted by Gasteiger charge is 2.27. The lowest BCUT2D eigenvalue weighted by atomic mass is 10.2. The van der Waals surface area contributed by atoms with E-state index >= 15 is 0 Å². The van der Waals surface area contributed by atoms with Gasteiger partial charge in [0.15, 0.2) is 5.69 Å². The number of nitrogens with one attached hydrogen (secondary N) is 2. The molecule has 1 saturated carbocycles. The van der Waals surface area contributed by atoms with E-state index in [0.29, 0.717) is 23.5 Å². The molecular weight excluding hydrogens is 330 g/mol. The average molecular weight is 348 g/mol. The first-order valence-corrected chi connectivity index (χ1v) is 8.37. The number of rotatable bonds is 6. The van der Waals surface area contributed by atoms with Crippen molar-refractivity contribution < 1.29 is 9.59 Å². The molecule has 0 atom stereocenters. The largest absolute Gasteiger partial charge is 0.352 e. The molecule has 2 amide bonds. The fourth-order valence-electron chi connectivity index (χ4n) is 2.30. The number of amides is 2. The van der Waals surface area contributed by atoms with Crippen LogP contribution in [0.2, 0.25) is 0 Å². The number of aromatic nitrogens is 3. The van der Waals surface area contributed by atoms with Crippen LogP contribution in [0.4, 0.5) is 0 Å². The van der Waals surface area contributed by atoms with E-state index in [9.17, 15) is 9.59 Å². The zero-order chi connectivity index (χ0) is 17.1. The summed E-state index contributed by atoms with van der Waals surface area (Å²) in [6.07, 6.45) is 1.99. The van der Waals surface area contributed by atoms with Gasteiger partial charge in [-0.2, -0.15) is 0 Å². The van der Waals surface area contributed by atoms with Crippen molar-refractivity contribution >= 4 is 23.4 Å². The van der Waals surface area contributed by atoms with E-state index in [1.807, 2.05) is 6.92 Å². The predicted molar refractivity (Wildman–Crippen MR) is 89.4 cm³/mol. The summed E-state index contributed by atoms with van der Waals surface area (Å²) < 4.78 is 1.52. The summed E-state index contributed by atoms with van der Waals surface area (Å²) >= 11 is 6.00. The Morgan fingerprint density at radius 3 is 2.54 bits per heavy atom. The maximum absolute atomic E-state index is 12.2. The topological polar surface area (TPSA) is 88.9 Å². The van der Waals surface area contributed by atoms with E-state index in [-0.39, 0.29) is 29.4 Å². The predicted octanol–water partition coefficient (Wildman–Crippen LogP) is 1.65. The smallest absolute Gasteiger partial charge is 0.274 e. The number of carbonyl (C=O) groups is 2. The molecule has 1 fully saturated rings. The quantitative estimate of drug-likeness (QED) is 0.777. The van der Waals surface area contributed by atoms with Gasteiger partial charge >= 0.3 is 0 Å². The summed E-state index contributed by atoms with van der Waals surface area (Å²) in [5, 5.41) is 13.6. The highest BCUT2D eigenvalue weighted by Crippen LogP contribution is 2.21. The lowest BCUT2D eigenvalue weighted by Crippen LogP contribution is -2.26. The molecule has 0 saturated heterocycles. The summed E-state index contributed by atoms with van der Waals surface area (Å²) in [4.78, 5) is 24.0. The van der Waals surface area contributed by atoms with Crippen LogP contribution in [-0.2, 0) is 5.88 Å². The minimum Gasteiger partial charge on any atom is -0.352 e. The van der Waals surface area contributed by atoms with Gasteiger partial charge in [-0.05, 0) is 44.0 Å². The lowest BCUT2D eigenvalue weighted by Gasteiger charge is -2.07. The number of benzene rings is 1. The van der Waals surface area contributed by atoms with E-state index in [4.69, 9.17) is 11.6 Å². The Morgan fingerprint density at radius 2 is 1.96 bits per heavy atom. The van der Waals surface area contributed by atoms with E-state index in [0.717, 1.165) is 12.8 Å². The number of alkyl halides is 1. The SMILES string of the molecule is CCNC(=O)c1ccc(-n2nnc(C(=O)NC3CC3)c2CCl)cc1. The Labute approximate surface area is 144 Å². The minimum atomic E-state index is -0.252. The van der Waals surface area contributed by atoms with E-state index in [1.165, 1.54) is 4.68 Å². The van der Waals surface area contributed by atoms with Crippen LogP contribution in [0.15, 0.2) is 24.3 Å². The highest BCUT2D eigenvalue weighted by molar-refractivity contribution is 6.17. The Balaban J connectivity index is 1.84. The third-order valence-corrected chi connectivity index (χ3v) is 3.98. The van der Waals surface area contributed by atoms with Gasteiger partial charge in [0.2, 0.25) is 0 Å². The molecule has 1 aliphatic rings. The number of carbonyl (C=O) groups excluding carboxylic acids is 2. The fourth-order valence-corrected chi connectivity index (χ4v) is 2.54. The molecule has 1 aromatic heterocycles. The monoisotopic (exact) mass is 347 g/mol. The van der Waals surface area contributed by atoms with Gasteiger partial charge in [-0.1, -0.05) is 5.21 Å². The zero-order valence-corrected chi connectivity index (χ0v) is 14.0. The molecule has 1 aliphatic carbocycles. The van der Waals surface area contributed by atoms with Crippen molar-refractivity contribution in [3.05, 3.63) is 41.2 Å². The highest BCUT2D eigenvalue weighted by atomic mass is 35.5. The second-order valence-electron chi connectivity index (χ2n) is 5.58. The first-order valence-electron chi connectivity index (χ1n) is 7.84. The van der Waals surface area contributed by atoms with Crippen LogP contribution in [-0.4, -0.2) is 39.4 Å². The van der Waals surface area contributed by atoms with Gasteiger partial charge in [-0.25, -0.2) is 4.68 Å². The summed E-state index contributed by atoms with van der Waals surface area (Å²) in [6.45, 7) is 2.43. The standard InChI is InChI=1S/C16H18ClN5O2/c1-2-18-15(23)10-3-7-12(8-4-10)22-13(9-17)14(20-21-22)16(24)19-11-5-6-11/h3-4,7-8,11H,2,5-6,9H2,1H3,(H,18,23)(H,19,24). The molecular formula is C16H18ClN5O2. The molecule has 0 bridgehead atoms. The average Bonchev–Trinajstić information content (AvgIpc) is 3.29. The lowest BCUT2D eigenvalue weighted by molar-refractivity contribution is 0.0940. The van der Waals surface area contributed by atoms with Crippen molar-refractivity contribution in [2.45, 2.75) is 31.7 Å². The van der Waals surface area contributed by atoms with Crippen molar-refractivity contribution in [1.82, 2.24) is 25.6 Å². The van der Waals surface area contributed by atoms with Crippen LogP contribution in [0.1, 0.15) is 46.3 Å². The molecule has 0 aliphatic heterocycles. The second-order valence-corrected chi connectivity index (χ2v) is 5.85. The van der Waals surface area contributed by atoms with Crippen LogP contribution >= 0.6 is 11.6 Å². The Hall–Kier alpha value is -2.41. The van der Waals surface area contributed by atoms with Crippen molar-refractivity contribution in [3.8, 4) is 5.69 Å². The molecule has 2 aromatic rings. The maximum Gasteiger partial charge on any atom is 0.274 e. The van der Waals surface area contributed by atoms with Crippen molar-refractivity contribution in [2.24, 2.45) is 0 Å². The van der Waals surface area contributed by atoms with Crippen molar-refractivity contribution in [1.29, 1.82) is 0 Å². The number of hydrogen-bond acceptors (Lipinski definition) is 4. The minimum absolute atomic E-state index is 0.110. The molecule has 0 spiro atoms. The Kier molecular flexibility index (Phi) is 4.80. The molecule has 0 radical (unpaired) electrons. The third-order valence-electron chi connectivity index (χ3n) is 3.73. The molecule has 1 aromatic carbocycles. The van der Waals surface area contributed by atoms with Gasteiger partial charge in [0.1, 0.15) is 0 Å². The van der Waals surface area contributed by atoms with Gasteiger partial charge < -0.3 is 10.6 Å². The van der Waals surface area contributed by atoms with Crippen LogP contribution in [0.5, 0.6) is 0 Å².